The van der Waals surface area contributed by atoms with Crippen LogP contribution in [-0.2, 0) is 43.6 Å². The monoisotopic (exact) mass is 618 g/mol. The summed E-state index contributed by atoms with van der Waals surface area (Å²) in [5, 5.41) is 9.95. The van der Waals surface area contributed by atoms with Gasteiger partial charge >= 0.3 is 24.2 Å². The number of carbonyl (C=O) groups excluding carboxylic acids is 4. The highest BCUT2D eigenvalue weighted by atomic mass is 16.6. The Bertz CT molecular complexity index is 1470. The van der Waals surface area contributed by atoms with Crippen molar-refractivity contribution in [2.24, 2.45) is 10.7 Å². The number of aliphatic imine (C=N–C) groups is 1. The molecule has 1 unspecified atom stereocenters. The van der Waals surface area contributed by atoms with Crippen molar-refractivity contribution < 1.29 is 43.3 Å². The zero-order chi connectivity index (χ0) is 32.6. The Kier molecular flexibility index (Phi) is 13.1. The van der Waals surface area contributed by atoms with Crippen molar-refractivity contribution in [2.75, 3.05) is 13.7 Å². The number of amides is 3. The van der Waals surface area contributed by atoms with E-state index in [9.17, 15) is 29.1 Å². The third-order valence-electron chi connectivity index (χ3n) is 6.48. The fourth-order valence-electron chi connectivity index (χ4n) is 4.20. The molecule has 0 aliphatic heterocycles. The number of methoxy groups -OCH3 is 1. The maximum Gasteiger partial charge on any atom is 0.437 e. The fourth-order valence-corrected chi connectivity index (χ4v) is 4.20. The van der Waals surface area contributed by atoms with E-state index in [0.29, 0.717) is 16.7 Å². The van der Waals surface area contributed by atoms with E-state index in [1.807, 2.05) is 0 Å². The van der Waals surface area contributed by atoms with E-state index < -0.39 is 42.0 Å². The average molecular weight is 619 g/mol. The number of ketones is 1. The van der Waals surface area contributed by atoms with E-state index in [-0.39, 0.29) is 39.1 Å². The molecule has 3 aromatic rings. The fraction of sp³-hybridized carbons (Fsp3) is 0.250. The van der Waals surface area contributed by atoms with Gasteiger partial charge in [0.05, 0.1) is 7.11 Å². The molecule has 0 fully saturated rings. The summed E-state index contributed by atoms with van der Waals surface area (Å²) in [5.41, 5.74) is 8.02. The molecule has 13 nitrogen and oxygen atoms in total. The van der Waals surface area contributed by atoms with Gasteiger partial charge in [0.1, 0.15) is 19.3 Å². The number of ether oxygens (including phenoxy) is 3. The standard InChI is InChI=1S/C32H34N4O9/c1-43-28(38)27(37)26(36(31(40)41)20-23-12-5-2-6-13-23)18-11-19-35(32(42)45-22-25-16-9-4-10-17-25)29(33)34-30(39)44-21-24-14-7-3-8-15-24/h2-10,12-17,26H,11,18-22H2,1H3,(H,40,41)(H2,33,34,39). The lowest BCUT2D eigenvalue weighted by Gasteiger charge is -2.28. The summed E-state index contributed by atoms with van der Waals surface area (Å²) < 4.78 is 15.1. The lowest BCUT2D eigenvalue weighted by molar-refractivity contribution is -0.154. The second-order valence-corrected chi connectivity index (χ2v) is 9.61. The molecule has 0 heterocycles. The number of rotatable bonds is 13. The molecule has 0 spiro atoms. The highest BCUT2D eigenvalue weighted by Gasteiger charge is 2.35. The van der Waals surface area contributed by atoms with Crippen LogP contribution in [0.3, 0.4) is 0 Å². The quantitative estimate of drug-likeness (QED) is 0.0920. The SMILES string of the molecule is COC(=O)C(=O)C(CCCN(C(=O)OCc1ccccc1)C(N)=NC(=O)OCc1ccccc1)N(Cc1ccccc1)C(=O)O. The molecule has 0 aliphatic rings. The number of hydrogen-bond acceptors (Lipinski definition) is 8. The molecule has 0 saturated carbocycles. The molecule has 45 heavy (non-hydrogen) atoms. The Morgan fingerprint density at radius 2 is 1.31 bits per heavy atom. The highest BCUT2D eigenvalue weighted by molar-refractivity contribution is 6.35. The van der Waals surface area contributed by atoms with E-state index in [0.717, 1.165) is 16.9 Å². The zero-order valence-corrected chi connectivity index (χ0v) is 24.6. The summed E-state index contributed by atoms with van der Waals surface area (Å²) in [7, 11) is 1.01. The van der Waals surface area contributed by atoms with E-state index in [1.54, 1.807) is 91.0 Å². The summed E-state index contributed by atoms with van der Waals surface area (Å²) in [5.74, 6) is -2.85. The summed E-state index contributed by atoms with van der Waals surface area (Å²) in [6, 6.07) is 24.7. The van der Waals surface area contributed by atoms with Gasteiger partial charge in [0.25, 0.3) is 5.78 Å². The van der Waals surface area contributed by atoms with Crippen molar-refractivity contribution in [3.05, 3.63) is 108 Å². The molecule has 3 rings (SSSR count). The summed E-state index contributed by atoms with van der Waals surface area (Å²) >= 11 is 0. The predicted octanol–water partition coefficient (Wildman–Crippen LogP) is 4.35. The number of esters is 1. The first-order valence-electron chi connectivity index (χ1n) is 13.9. The molecule has 3 amide bonds. The summed E-state index contributed by atoms with van der Waals surface area (Å²) in [6.07, 6.45) is -3.72. The van der Waals surface area contributed by atoms with Crippen LogP contribution in [0.5, 0.6) is 0 Å². The minimum Gasteiger partial charge on any atom is -0.465 e. The van der Waals surface area contributed by atoms with Crippen LogP contribution in [0.4, 0.5) is 14.4 Å². The van der Waals surface area contributed by atoms with Crippen LogP contribution in [0.2, 0.25) is 0 Å². The van der Waals surface area contributed by atoms with Gasteiger partial charge in [-0.05, 0) is 29.5 Å². The maximum atomic E-state index is 13.1. The van der Waals surface area contributed by atoms with Crippen molar-refractivity contribution in [3.8, 4) is 0 Å². The minimum atomic E-state index is -1.45. The number of carboxylic acid groups (broad SMARTS) is 1. The Hall–Kier alpha value is -5.72. The molecule has 0 saturated heterocycles. The lowest BCUT2D eigenvalue weighted by atomic mass is 10.0. The Balaban J connectivity index is 1.78. The number of hydrogen-bond donors (Lipinski definition) is 2. The summed E-state index contributed by atoms with van der Waals surface area (Å²) in [6.45, 7) is -0.643. The molecule has 0 aromatic heterocycles. The van der Waals surface area contributed by atoms with Gasteiger partial charge in [-0.25, -0.2) is 24.1 Å². The van der Waals surface area contributed by atoms with Crippen LogP contribution in [0.1, 0.15) is 29.5 Å². The van der Waals surface area contributed by atoms with Gasteiger partial charge in [-0.1, -0.05) is 91.0 Å². The predicted molar refractivity (Wildman–Crippen MR) is 162 cm³/mol. The van der Waals surface area contributed by atoms with E-state index in [4.69, 9.17) is 15.2 Å². The normalized spacial score (nSPS) is 11.5. The molecule has 0 bridgehead atoms. The number of carbonyl (C=O) groups is 5. The van der Waals surface area contributed by atoms with Crippen molar-refractivity contribution in [1.29, 1.82) is 0 Å². The minimum absolute atomic E-state index is 0.0539. The van der Waals surface area contributed by atoms with Crippen LogP contribution in [0.25, 0.3) is 0 Å². The highest BCUT2D eigenvalue weighted by Crippen LogP contribution is 2.16. The van der Waals surface area contributed by atoms with E-state index in [2.05, 4.69) is 9.73 Å². The summed E-state index contributed by atoms with van der Waals surface area (Å²) in [4.78, 5) is 68.3. The molecular formula is C32H34N4O9. The number of benzene rings is 3. The van der Waals surface area contributed by atoms with Crippen LogP contribution in [0, 0.1) is 0 Å². The number of Topliss-reactive ketones (excluding diaryl/α,β-unsaturated/α-hetero) is 1. The molecular weight excluding hydrogens is 584 g/mol. The third kappa shape index (κ3) is 10.8. The van der Waals surface area contributed by atoms with Gasteiger partial charge in [-0.2, -0.15) is 0 Å². The third-order valence-corrected chi connectivity index (χ3v) is 6.48. The Morgan fingerprint density at radius 3 is 1.82 bits per heavy atom. The first-order valence-corrected chi connectivity index (χ1v) is 13.9. The lowest BCUT2D eigenvalue weighted by Crippen LogP contribution is -2.48. The second kappa shape index (κ2) is 17.4. The number of nitrogens with two attached hydrogens (primary N) is 1. The molecule has 0 aliphatic carbocycles. The van der Waals surface area contributed by atoms with Gasteiger partial charge in [0.2, 0.25) is 5.96 Å². The van der Waals surface area contributed by atoms with Gasteiger partial charge in [0, 0.05) is 13.1 Å². The molecule has 236 valence electrons. The molecule has 3 N–H and O–H groups in total. The molecule has 1 atom stereocenters. The van der Waals surface area contributed by atoms with Gasteiger partial charge in [-0.3, -0.25) is 9.69 Å². The van der Waals surface area contributed by atoms with Crippen molar-refractivity contribution in [1.82, 2.24) is 9.80 Å². The molecule has 3 aromatic carbocycles. The molecule has 0 radical (unpaired) electrons. The van der Waals surface area contributed by atoms with E-state index in [1.165, 1.54) is 0 Å². The topological polar surface area (TPSA) is 178 Å². The average Bonchev–Trinajstić information content (AvgIpc) is 3.06. The van der Waals surface area contributed by atoms with Gasteiger partial charge in [-0.15, -0.1) is 4.99 Å². The smallest absolute Gasteiger partial charge is 0.437 e. The Morgan fingerprint density at radius 1 is 0.800 bits per heavy atom. The largest absolute Gasteiger partial charge is 0.465 e. The first-order chi connectivity index (χ1) is 21.7. The molecule has 13 heteroatoms. The van der Waals surface area contributed by atoms with Crippen molar-refractivity contribution in [2.45, 2.75) is 38.6 Å². The van der Waals surface area contributed by atoms with Crippen LogP contribution in [-0.4, -0.2) is 70.6 Å². The van der Waals surface area contributed by atoms with E-state index >= 15 is 0 Å². The van der Waals surface area contributed by atoms with Crippen LogP contribution >= 0.6 is 0 Å². The van der Waals surface area contributed by atoms with Crippen LogP contribution < -0.4 is 5.73 Å². The number of nitrogens with zero attached hydrogens (tertiary/aromatic N) is 3. The van der Waals surface area contributed by atoms with Gasteiger partial charge in [0.15, 0.2) is 0 Å². The number of guanidine groups is 1. The van der Waals surface area contributed by atoms with Crippen LogP contribution in [0.15, 0.2) is 96.0 Å². The first kappa shape index (κ1) is 33.8. The van der Waals surface area contributed by atoms with Crippen molar-refractivity contribution in [3.63, 3.8) is 0 Å². The zero-order valence-electron chi connectivity index (χ0n) is 24.6. The maximum absolute atomic E-state index is 13.1. The second-order valence-electron chi connectivity index (χ2n) is 9.61. The van der Waals surface area contributed by atoms with Gasteiger partial charge < -0.3 is 25.1 Å². The van der Waals surface area contributed by atoms with Crippen molar-refractivity contribution >= 4 is 36.0 Å². The Labute approximate surface area is 259 Å².